The summed E-state index contributed by atoms with van der Waals surface area (Å²) in [5, 5.41) is 11.9. The predicted octanol–water partition coefficient (Wildman–Crippen LogP) is 2.72. The summed E-state index contributed by atoms with van der Waals surface area (Å²) in [7, 11) is 1.66. The van der Waals surface area contributed by atoms with Crippen molar-refractivity contribution in [2.24, 2.45) is 0 Å². The van der Waals surface area contributed by atoms with E-state index in [1.165, 1.54) is 0 Å². The smallest absolute Gasteiger partial charge is 0.258 e. The van der Waals surface area contributed by atoms with Gasteiger partial charge in [-0.3, -0.25) is 9.69 Å². The van der Waals surface area contributed by atoms with Crippen molar-refractivity contribution in [1.82, 2.24) is 25.2 Å². The van der Waals surface area contributed by atoms with Gasteiger partial charge >= 0.3 is 0 Å². The highest BCUT2D eigenvalue weighted by Crippen LogP contribution is 2.28. The molecule has 2 aromatic carbocycles. The molecule has 0 radical (unpaired) electrons. The summed E-state index contributed by atoms with van der Waals surface area (Å²) in [6.45, 7) is 3.71. The number of nitrogens with one attached hydrogen (secondary N) is 1. The van der Waals surface area contributed by atoms with Gasteiger partial charge in [-0.2, -0.15) is 0 Å². The van der Waals surface area contributed by atoms with Crippen LogP contribution in [0.15, 0.2) is 54.6 Å². The molecule has 1 saturated heterocycles. The first-order valence-electron chi connectivity index (χ1n) is 12.0. The second kappa shape index (κ2) is 10.9. The quantitative estimate of drug-likeness (QED) is 0.533. The summed E-state index contributed by atoms with van der Waals surface area (Å²) < 4.78 is 18.9. The number of amides is 1. The van der Waals surface area contributed by atoms with E-state index in [4.69, 9.17) is 14.2 Å². The maximum atomic E-state index is 12.3. The average Bonchev–Trinajstić information content (AvgIpc) is 3.31. The molecule has 1 atom stereocenters. The molecule has 35 heavy (non-hydrogen) atoms. The van der Waals surface area contributed by atoms with E-state index in [1.54, 1.807) is 7.11 Å². The number of fused-ring (bicyclic) bond motifs is 1. The first-order valence-corrected chi connectivity index (χ1v) is 12.0. The van der Waals surface area contributed by atoms with Crippen molar-refractivity contribution < 1.29 is 19.0 Å². The van der Waals surface area contributed by atoms with E-state index < -0.39 is 0 Å². The highest BCUT2D eigenvalue weighted by molar-refractivity contribution is 5.77. The Morgan fingerprint density at radius 1 is 1.09 bits per heavy atom. The van der Waals surface area contributed by atoms with Crippen molar-refractivity contribution in [1.29, 1.82) is 0 Å². The molecule has 1 fully saturated rings. The van der Waals surface area contributed by atoms with Gasteiger partial charge in [0.1, 0.15) is 23.3 Å². The summed E-state index contributed by atoms with van der Waals surface area (Å²) in [6.07, 6.45) is 1.75. The van der Waals surface area contributed by atoms with Crippen LogP contribution in [0.25, 0.3) is 0 Å². The molecule has 9 heteroatoms. The van der Waals surface area contributed by atoms with Gasteiger partial charge in [-0.05, 0) is 42.7 Å². The number of hydrogen-bond acceptors (Lipinski definition) is 7. The van der Waals surface area contributed by atoms with Gasteiger partial charge in [-0.25, -0.2) is 4.68 Å². The van der Waals surface area contributed by atoms with Crippen LogP contribution in [0.1, 0.15) is 35.9 Å². The number of piperidine rings is 1. The van der Waals surface area contributed by atoms with E-state index in [2.05, 4.69) is 20.5 Å². The van der Waals surface area contributed by atoms with E-state index in [9.17, 15) is 4.79 Å². The number of hydrogen-bond donors (Lipinski definition) is 1. The van der Waals surface area contributed by atoms with Crippen molar-refractivity contribution in [2.45, 2.75) is 44.7 Å². The van der Waals surface area contributed by atoms with E-state index in [0.717, 1.165) is 55.2 Å². The number of likely N-dealkylation sites (tertiary alicyclic amines) is 1. The molecule has 3 aromatic rings. The number of rotatable bonds is 8. The maximum absolute atomic E-state index is 12.3. The molecule has 5 rings (SSSR count). The van der Waals surface area contributed by atoms with Gasteiger partial charge < -0.3 is 19.5 Å². The number of aromatic nitrogens is 3. The number of nitrogens with zero attached hydrogens (tertiary/aromatic N) is 4. The zero-order valence-electron chi connectivity index (χ0n) is 19.9. The van der Waals surface area contributed by atoms with Gasteiger partial charge in [0.2, 0.25) is 0 Å². The van der Waals surface area contributed by atoms with Crippen LogP contribution in [0.4, 0.5) is 0 Å². The Kier molecular flexibility index (Phi) is 7.25. The second-order valence-electron chi connectivity index (χ2n) is 8.96. The molecule has 0 unspecified atom stereocenters. The zero-order valence-corrected chi connectivity index (χ0v) is 19.9. The lowest BCUT2D eigenvalue weighted by Crippen LogP contribution is -2.45. The van der Waals surface area contributed by atoms with Crippen LogP contribution >= 0.6 is 0 Å². The molecular formula is C26H31N5O4. The van der Waals surface area contributed by atoms with Crippen molar-refractivity contribution >= 4 is 5.91 Å². The van der Waals surface area contributed by atoms with E-state index in [0.29, 0.717) is 18.9 Å². The topological polar surface area (TPSA) is 90.7 Å². The van der Waals surface area contributed by atoms with E-state index in [-0.39, 0.29) is 24.7 Å². The highest BCUT2D eigenvalue weighted by atomic mass is 16.5. The van der Waals surface area contributed by atoms with E-state index >= 15 is 0 Å². The molecular weight excluding hydrogens is 446 g/mol. The van der Waals surface area contributed by atoms with Gasteiger partial charge in [-0.1, -0.05) is 35.5 Å². The SMILES string of the molecule is COc1ccc([C@@H]2Cn3nnc(CN4CCC(NC(=O)COc5ccccc5)CC4)c3CO2)cc1. The molecule has 3 heterocycles. The minimum atomic E-state index is -0.0803. The Balaban J connectivity index is 1.08. The third kappa shape index (κ3) is 5.80. The largest absolute Gasteiger partial charge is 0.497 e. The molecule has 0 spiro atoms. The Bertz CT molecular complexity index is 1110. The minimum Gasteiger partial charge on any atom is -0.497 e. The van der Waals surface area contributed by atoms with Crippen molar-refractivity contribution in [3.63, 3.8) is 0 Å². The summed E-state index contributed by atoms with van der Waals surface area (Å²) >= 11 is 0. The molecule has 0 saturated carbocycles. The van der Waals surface area contributed by atoms with Crippen LogP contribution in [-0.4, -0.2) is 58.6 Å². The van der Waals surface area contributed by atoms with Gasteiger partial charge in [0, 0.05) is 25.7 Å². The van der Waals surface area contributed by atoms with Crippen LogP contribution in [0.5, 0.6) is 11.5 Å². The molecule has 2 aliphatic heterocycles. The van der Waals surface area contributed by atoms with Crippen LogP contribution in [0.2, 0.25) is 0 Å². The number of benzene rings is 2. The normalized spacial score (nSPS) is 18.6. The Morgan fingerprint density at radius 2 is 1.86 bits per heavy atom. The monoisotopic (exact) mass is 477 g/mol. The molecule has 0 bridgehead atoms. The Hall–Kier alpha value is -3.43. The minimum absolute atomic E-state index is 0.0359. The molecule has 2 aliphatic rings. The van der Waals surface area contributed by atoms with Crippen molar-refractivity contribution in [2.75, 3.05) is 26.8 Å². The maximum Gasteiger partial charge on any atom is 0.258 e. The standard InChI is InChI=1S/C26H31N5O4/c1-33-21-9-7-19(8-10-21)25-16-31-24(17-35-25)23(28-29-31)15-30-13-11-20(12-14-30)27-26(32)18-34-22-5-3-2-4-6-22/h2-10,20,25H,11-18H2,1H3,(H,27,32)/t25-/m0/s1. The lowest BCUT2D eigenvalue weighted by molar-refractivity contribution is -0.124. The molecule has 0 aliphatic carbocycles. The summed E-state index contributed by atoms with van der Waals surface area (Å²) in [5.41, 5.74) is 3.12. The first kappa shape index (κ1) is 23.3. The summed E-state index contributed by atoms with van der Waals surface area (Å²) in [6, 6.07) is 17.5. The molecule has 1 aromatic heterocycles. The first-order chi connectivity index (χ1) is 17.2. The Labute approximate surface area is 205 Å². The summed E-state index contributed by atoms with van der Waals surface area (Å²) in [4.78, 5) is 14.6. The van der Waals surface area contributed by atoms with Crippen LogP contribution in [0.3, 0.4) is 0 Å². The van der Waals surface area contributed by atoms with Crippen LogP contribution in [-0.2, 0) is 29.2 Å². The summed E-state index contributed by atoms with van der Waals surface area (Å²) in [5.74, 6) is 1.45. The molecule has 9 nitrogen and oxygen atoms in total. The van der Waals surface area contributed by atoms with Crippen LogP contribution < -0.4 is 14.8 Å². The second-order valence-corrected chi connectivity index (χ2v) is 8.96. The van der Waals surface area contributed by atoms with Crippen molar-refractivity contribution in [3.05, 3.63) is 71.5 Å². The number of ether oxygens (including phenoxy) is 3. The molecule has 1 amide bonds. The lowest BCUT2D eigenvalue weighted by atomic mass is 10.0. The lowest BCUT2D eigenvalue weighted by Gasteiger charge is -2.32. The van der Waals surface area contributed by atoms with Crippen molar-refractivity contribution in [3.8, 4) is 11.5 Å². The zero-order chi connectivity index (χ0) is 24.0. The van der Waals surface area contributed by atoms with E-state index in [1.807, 2.05) is 59.3 Å². The predicted molar refractivity (Wildman–Crippen MR) is 129 cm³/mol. The Morgan fingerprint density at radius 3 is 2.60 bits per heavy atom. The number of carbonyl (C=O) groups excluding carboxylic acids is 1. The average molecular weight is 478 g/mol. The number of para-hydroxylation sites is 1. The van der Waals surface area contributed by atoms with Crippen LogP contribution in [0, 0.1) is 0 Å². The fraction of sp³-hybridized carbons (Fsp3) is 0.423. The number of methoxy groups -OCH3 is 1. The molecule has 1 N–H and O–H groups in total. The van der Waals surface area contributed by atoms with Gasteiger partial charge in [-0.15, -0.1) is 5.10 Å². The third-order valence-electron chi connectivity index (χ3n) is 6.60. The van der Waals surface area contributed by atoms with Gasteiger partial charge in [0.05, 0.1) is 26.0 Å². The van der Waals surface area contributed by atoms with Gasteiger partial charge in [0.25, 0.3) is 5.91 Å². The fourth-order valence-electron chi connectivity index (χ4n) is 4.59. The fourth-order valence-corrected chi connectivity index (χ4v) is 4.59. The molecule has 184 valence electrons. The van der Waals surface area contributed by atoms with Gasteiger partial charge in [0.15, 0.2) is 6.61 Å². The third-order valence-corrected chi connectivity index (χ3v) is 6.60. The highest BCUT2D eigenvalue weighted by Gasteiger charge is 2.27. The number of carbonyl (C=O) groups is 1.